The van der Waals surface area contributed by atoms with Gasteiger partial charge in [0.25, 0.3) is 0 Å². The van der Waals surface area contributed by atoms with Crippen molar-refractivity contribution < 1.29 is 4.79 Å². The minimum atomic E-state index is -0.222. The first-order valence-electron chi connectivity index (χ1n) is 11.0. The Hall–Kier alpha value is -1.59. The average molecular weight is 464 g/mol. The van der Waals surface area contributed by atoms with Crippen molar-refractivity contribution in [3.05, 3.63) is 71.8 Å². The van der Waals surface area contributed by atoms with Gasteiger partial charge >= 0.3 is 0 Å². The molecule has 2 aliphatic rings. The highest BCUT2D eigenvalue weighted by Crippen LogP contribution is 2.35. The zero-order valence-electron chi connectivity index (χ0n) is 18.3. The van der Waals surface area contributed by atoms with Crippen LogP contribution in [-0.2, 0) is 16.8 Å². The maximum atomic E-state index is 12.0. The van der Waals surface area contributed by atoms with Crippen molar-refractivity contribution >= 4 is 30.7 Å². The number of nitrogens with one attached hydrogen (secondary N) is 2. The maximum absolute atomic E-state index is 12.0. The monoisotopic (exact) mass is 463 g/mol. The normalized spacial score (nSPS) is 23.1. The minimum Gasteiger partial charge on any atom is -0.347 e. The molecule has 0 aliphatic carbocycles. The molecule has 0 aromatic heterocycles. The lowest BCUT2D eigenvalue weighted by Crippen LogP contribution is -2.56. The number of amides is 1. The van der Waals surface area contributed by atoms with E-state index in [1.807, 2.05) is 6.07 Å². The Labute approximate surface area is 199 Å². The number of hydrogen-bond acceptors (Lipinski definition) is 3. The van der Waals surface area contributed by atoms with E-state index in [1.54, 1.807) is 6.92 Å². The number of carbonyl (C=O) groups excluding carboxylic acids is 1. The second kappa shape index (κ2) is 11.9. The average Bonchev–Trinajstić information content (AvgIpc) is 2.75. The molecular formula is C25H35Cl2N3O. The van der Waals surface area contributed by atoms with E-state index >= 15 is 0 Å². The summed E-state index contributed by atoms with van der Waals surface area (Å²) in [5, 5.41) is 7.02. The quantitative estimate of drug-likeness (QED) is 0.693. The van der Waals surface area contributed by atoms with Crippen LogP contribution in [0.1, 0.15) is 43.7 Å². The molecular weight excluding hydrogens is 429 g/mol. The summed E-state index contributed by atoms with van der Waals surface area (Å²) in [5.74, 6) is 0.0621. The van der Waals surface area contributed by atoms with Crippen molar-refractivity contribution in [2.24, 2.45) is 0 Å². The van der Waals surface area contributed by atoms with Crippen LogP contribution in [-0.4, -0.2) is 42.5 Å². The highest BCUT2D eigenvalue weighted by Gasteiger charge is 2.39. The third kappa shape index (κ3) is 6.45. The lowest BCUT2D eigenvalue weighted by Gasteiger charge is -2.47. The predicted molar refractivity (Wildman–Crippen MR) is 132 cm³/mol. The molecule has 6 heteroatoms. The smallest absolute Gasteiger partial charge is 0.217 e. The summed E-state index contributed by atoms with van der Waals surface area (Å²) in [5.41, 5.74) is 2.43. The number of rotatable bonds is 5. The van der Waals surface area contributed by atoms with E-state index in [4.69, 9.17) is 0 Å². The predicted octanol–water partition coefficient (Wildman–Crippen LogP) is 4.32. The Morgan fingerprint density at radius 2 is 1.65 bits per heavy atom. The molecule has 2 fully saturated rings. The Balaban J connectivity index is 0.00000171. The Kier molecular flexibility index (Phi) is 9.83. The van der Waals surface area contributed by atoms with E-state index in [2.05, 4.69) is 70.1 Å². The molecule has 4 rings (SSSR count). The first-order valence-corrected chi connectivity index (χ1v) is 11.0. The number of nitrogens with zero attached hydrogens (tertiary/aromatic N) is 1. The summed E-state index contributed by atoms with van der Waals surface area (Å²) in [6.07, 6.45) is 5.47. The van der Waals surface area contributed by atoms with Crippen LogP contribution in [0.5, 0.6) is 0 Å². The second-order valence-corrected chi connectivity index (χ2v) is 8.68. The van der Waals surface area contributed by atoms with E-state index in [1.165, 1.54) is 24.0 Å². The SMILES string of the molecule is CC(=O)NC1(c2ccccc2)CCN(C2CCNC(Cc3ccccc3)C2)CC1.Cl.Cl. The summed E-state index contributed by atoms with van der Waals surface area (Å²) in [7, 11) is 0. The van der Waals surface area contributed by atoms with Crippen molar-refractivity contribution in [2.75, 3.05) is 19.6 Å². The van der Waals surface area contributed by atoms with Crippen LogP contribution in [0.2, 0.25) is 0 Å². The van der Waals surface area contributed by atoms with Crippen LogP contribution in [0.4, 0.5) is 0 Å². The third-order valence-corrected chi connectivity index (χ3v) is 6.70. The van der Waals surface area contributed by atoms with Gasteiger partial charge in [-0.1, -0.05) is 60.7 Å². The summed E-state index contributed by atoms with van der Waals surface area (Å²) in [6.45, 7) is 4.81. The molecule has 2 aliphatic heterocycles. The van der Waals surface area contributed by atoms with Crippen LogP contribution >= 0.6 is 24.8 Å². The first-order chi connectivity index (χ1) is 14.1. The number of likely N-dealkylation sites (tertiary alicyclic amines) is 1. The van der Waals surface area contributed by atoms with E-state index in [-0.39, 0.29) is 36.3 Å². The molecule has 2 heterocycles. The summed E-state index contributed by atoms with van der Waals surface area (Å²) < 4.78 is 0. The van der Waals surface area contributed by atoms with Gasteiger partial charge in [-0.15, -0.1) is 24.8 Å². The van der Waals surface area contributed by atoms with Crippen LogP contribution in [0, 0.1) is 0 Å². The molecule has 170 valence electrons. The van der Waals surface area contributed by atoms with Crippen molar-refractivity contribution in [3.63, 3.8) is 0 Å². The fourth-order valence-electron chi connectivity index (χ4n) is 5.22. The van der Waals surface area contributed by atoms with E-state index in [0.717, 1.165) is 38.9 Å². The van der Waals surface area contributed by atoms with Gasteiger partial charge in [0, 0.05) is 32.1 Å². The molecule has 1 amide bonds. The van der Waals surface area contributed by atoms with Crippen LogP contribution in [0.15, 0.2) is 60.7 Å². The largest absolute Gasteiger partial charge is 0.347 e. The Morgan fingerprint density at radius 3 is 2.26 bits per heavy atom. The van der Waals surface area contributed by atoms with Crippen LogP contribution in [0.25, 0.3) is 0 Å². The van der Waals surface area contributed by atoms with E-state index < -0.39 is 0 Å². The van der Waals surface area contributed by atoms with Gasteiger partial charge in [0.1, 0.15) is 0 Å². The van der Waals surface area contributed by atoms with E-state index in [0.29, 0.717) is 12.1 Å². The molecule has 0 spiro atoms. The molecule has 0 radical (unpaired) electrons. The maximum Gasteiger partial charge on any atom is 0.217 e. The zero-order chi connectivity index (χ0) is 20.1. The summed E-state index contributed by atoms with van der Waals surface area (Å²) in [4.78, 5) is 14.6. The third-order valence-electron chi connectivity index (χ3n) is 6.70. The molecule has 31 heavy (non-hydrogen) atoms. The van der Waals surface area contributed by atoms with Gasteiger partial charge in [0.05, 0.1) is 5.54 Å². The molecule has 2 aromatic rings. The molecule has 4 nitrogen and oxygen atoms in total. The number of piperidine rings is 2. The summed E-state index contributed by atoms with van der Waals surface area (Å²) >= 11 is 0. The molecule has 2 unspecified atom stereocenters. The summed E-state index contributed by atoms with van der Waals surface area (Å²) in [6, 6.07) is 22.5. The fourth-order valence-corrected chi connectivity index (χ4v) is 5.22. The van der Waals surface area contributed by atoms with Gasteiger partial charge in [-0.3, -0.25) is 4.79 Å². The van der Waals surface area contributed by atoms with Gasteiger partial charge in [0.2, 0.25) is 5.91 Å². The van der Waals surface area contributed by atoms with Gasteiger partial charge in [-0.05, 0) is 49.8 Å². The van der Waals surface area contributed by atoms with Crippen molar-refractivity contribution in [2.45, 2.75) is 56.7 Å². The van der Waals surface area contributed by atoms with Gasteiger partial charge in [0.15, 0.2) is 0 Å². The Morgan fingerprint density at radius 1 is 1.03 bits per heavy atom. The minimum absolute atomic E-state index is 0. The Bertz CT molecular complexity index is 795. The van der Waals surface area contributed by atoms with Crippen molar-refractivity contribution in [1.82, 2.24) is 15.5 Å². The van der Waals surface area contributed by atoms with Gasteiger partial charge in [-0.2, -0.15) is 0 Å². The lowest BCUT2D eigenvalue weighted by molar-refractivity contribution is -0.121. The number of benzene rings is 2. The topological polar surface area (TPSA) is 44.4 Å². The molecule has 2 aromatic carbocycles. The van der Waals surface area contributed by atoms with Crippen molar-refractivity contribution in [3.8, 4) is 0 Å². The van der Waals surface area contributed by atoms with E-state index in [9.17, 15) is 4.79 Å². The highest BCUT2D eigenvalue weighted by molar-refractivity contribution is 5.85. The molecule has 2 atom stereocenters. The molecule has 0 saturated carbocycles. The second-order valence-electron chi connectivity index (χ2n) is 8.68. The standard InChI is InChI=1S/C25H33N3O.2ClH/c1-20(29)27-25(22-10-6-3-7-11-22)13-16-28(17-14-25)24-12-15-26-23(19-24)18-21-8-4-2-5-9-21;;/h2-11,23-24,26H,12-19H2,1H3,(H,27,29);2*1H. The molecule has 2 saturated heterocycles. The van der Waals surface area contributed by atoms with Crippen molar-refractivity contribution in [1.29, 1.82) is 0 Å². The van der Waals surface area contributed by atoms with Gasteiger partial charge in [-0.25, -0.2) is 0 Å². The van der Waals surface area contributed by atoms with Gasteiger partial charge < -0.3 is 15.5 Å². The molecule has 2 N–H and O–H groups in total. The number of carbonyl (C=O) groups is 1. The number of halogens is 2. The van der Waals surface area contributed by atoms with Crippen LogP contribution in [0.3, 0.4) is 0 Å². The zero-order valence-corrected chi connectivity index (χ0v) is 19.9. The molecule has 0 bridgehead atoms. The number of hydrogen-bond donors (Lipinski definition) is 2. The van der Waals surface area contributed by atoms with Crippen LogP contribution < -0.4 is 10.6 Å². The first kappa shape index (κ1) is 25.7. The fraction of sp³-hybridized carbons (Fsp3) is 0.480. The lowest BCUT2D eigenvalue weighted by atomic mass is 9.79. The highest BCUT2D eigenvalue weighted by atomic mass is 35.5.